The van der Waals surface area contributed by atoms with Crippen molar-refractivity contribution in [3.8, 4) is 0 Å². The molecule has 3 N–H and O–H groups in total. The fourth-order valence-electron chi connectivity index (χ4n) is 3.88. The van der Waals surface area contributed by atoms with Crippen LogP contribution in [0.25, 0.3) is 0 Å². The Labute approximate surface area is 165 Å². The topological polar surface area (TPSA) is 86.6 Å². The molecule has 2 aromatic rings. The molecule has 5 nitrogen and oxygen atoms in total. The van der Waals surface area contributed by atoms with Gasteiger partial charge in [-0.05, 0) is 48.4 Å². The van der Waals surface area contributed by atoms with Gasteiger partial charge in [0, 0.05) is 5.56 Å². The van der Waals surface area contributed by atoms with Crippen molar-refractivity contribution in [3.05, 3.63) is 71.3 Å². The maximum absolute atomic E-state index is 12.6. The first-order valence-electron chi connectivity index (χ1n) is 9.90. The summed E-state index contributed by atoms with van der Waals surface area (Å²) >= 11 is 0. The van der Waals surface area contributed by atoms with Crippen LogP contribution in [0.3, 0.4) is 0 Å². The summed E-state index contributed by atoms with van der Waals surface area (Å²) < 4.78 is 0. The molecule has 1 aliphatic carbocycles. The van der Waals surface area contributed by atoms with Gasteiger partial charge in [-0.2, -0.15) is 0 Å². The number of carbonyl (C=O) groups is 2. The molecular formula is C23H27NO4. The Balaban J connectivity index is 1.69. The molecule has 1 amide bonds. The van der Waals surface area contributed by atoms with Crippen LogP contribution in [0, 0.1) is 0 Å². The van der Waals surface area contributed by atoms with Gasteiger partial charge in [-0.1, -0.05) is 61.7 Å². The normalized spacial score (nSPS) is 16.9. The van der Waals surface area contributed by atoms with Crippen molar-refractivity contribution < 1.29 is 19.8 Å². The minimum atomic E-state index is -1.68. The lowest BCUT2D eigenvalue weighted by atomic mass is 9.84. The zero-order chi connectivity index (χ0) is 19.9. The Kier molecular flexibility index (Phi) is 6.82. The molecule has 5 heteroatoms. The molecule has 0 bridgehead atoms. The monoisotopic (exact) mass is 381 g/mol. The van der Waals surface area contributed by atoms with Gasteiger partial charge in [0.1, 0.15) is 0 Å². The lowest BCUT2D eigenvalue weighted by Crippen LogP contribution is -2.48. The number of carboxylic acids is 1. The van der Waals surface area contributed by atoms with Crippen molar-refractivity contribution in [3.63, 3.8) is 0 Å². The lowest BCUT2D eigenvalue weighted by Gasteiger charge is -2.23. The maximum Gasteiger partial charge on any atom is 0.334 e. The van der Waals surface area contributed by atoms with Crippen molar-refractivity contribution in [2.75, 3.05) is 0 Å². The van der Waals surface area contributed by atoms with E-state index in [2.05, 4.69) is 5.32 Å². The van der Waals surface area contributed by atoms with E-state index in [1.165, 1.54) is 37.7 Å². The third-order valence-electron chi connectivity index (χ3n) is 5.50. The SMILES string of the molecule is O=C(N[C@H](Cc1ccccc1)[C@@H](O)C(=O)O)c1ccc(C2CCCCC2)cc1. The number of carbonyl (C=O) groups excluding carboxylic acids is 1. The number of hydrogen-bond donors (Lipinski definition) is 3. The van der Waals surface area contributed by atoms with E-state index in [1.807, 2.05) is 42.5 Å². The number of amides is 1. The van der Waals surface area contributed by atoms with E-state index in [0.29, 0.717) is 11.5 Å². The van der Waals surface area contributed by atoms with Crippen LogP contribution < -0.4 is 5.32 Å². The summed E-state index contributed by atoms with van der Waals surface area (Å²) in [7, 11) is 0. The molecule has 0 radical (unpaired) electrons. The summed E-state index contributed by atoms with van der Waals surface area (Å²) in [4.78, 5) is 23.9. The third kappa shape index (κ3) is 5.20. The zero-order valence-corrected chi connectivity index (χ0v) is 15.9. The minimum Gasteiger partial charge on any atom is -0.479 e. The number of nitrogens with one attached hydrogen (secondary N) is 1. The Hall–Kier alpha value is -2.66. The van der Waals surface area contributed by atoms with Gasteiger partial charge in [0.05, 0.1) is 6.04 Å². The van der Waals surface area contributed by atoms with Gasteiger partial charge in [0.25, 0.3) is 5.91 Å². The van der Waals surface area contributed by atoms with E-state index in [9.17, 15) is 19.8 Å². The van der Waals surface area contributed by atoms with Crippen molar-refractivity contribution >= 4 is 11.9 Å². The second-order valence-corrected chi connectivity index (χ2v) is 7.51. The molecule has 2 aromatic carbocycles. The van der Waals surface area contributed by atoms with E-state index >= 15 is 0 Å². The average molecular weight is 381 g/mol. The van der Waals surface area contributed by atoms with Crippen LogP contribution >= 0.6 is 0 Å². The van der Waals surface area contributed by atoms with Crippen LogP contribution in [0.4, 0.5) is 0 Å². The van der Waals surface area contributed by atoms with E-state index in [4.69, 9.17) is 0 Å². The van der Waals surface area contributed by atoms with Crippen molar-refractivity contribution in [2.24, 2.45) is 0 Å². The molecule has 3 rings (SSSR count). The number of aliphatic hydroxyl groups excluding tert-OH is 1. The summed E-state index contributed by atoms with van der Waals surface area (Å²) in [6.07, 6.45) is 4.74. The summed E-state index contributed by atoms with van der Waals surface area (Å²) in [6, 6.07) is 15.9. The van der Waals surface area contributed by atoms with Crippen molar-refractivity contribution in [1.82, 2.24) is 5.32 Å². The van der Waals surface area contributed by atoms with Gasteiger partial charge in [-0.25, -0.2) is 4.79 Å². The second-order valence-electron chi connectivity index (χ2n) is 7.51. The number of hydrogen-bond acceptors (Lipinski definition) is 3. The van der Waals surface area contributed by atoms with Gasteiger partial charge in [-0.3, -0.25) is 4.79 Å². The quantitative estimate of drug-likeness (QED) is 0.685. The molecule has 1 aliphatic rings. The Bertz CT molecular complexity index is 782. The molecule has 1 fully saturated rings. The van der Waals surface area contributed by atoms with Crippen LogP contribution in [0.5, 0.6) is 0 Å². The molecular weight excluding hydrogens is 354 g/mol. The summed E-state index contributed by atoms with van der Waals surface area (Å²) in [6.45, 7) is 0. The van der Waals surface area contributed by atoms with Gasteiger partial charge in [0.15, 0.2) is 6.10 Å². The Morgan fingerprint density at radius 2 is 1.61 bits per heavy atom. The van der Waals surface area contributed by atoms with E-state index in [0.717, 1.165) is 5.56 Å². The molecule has 28 heavy (non-hydrogen) atoms. The predicted octanol–water partition coefficient (Wildman–Crippen LogP) is 3.52. The molecule has 0 saturated heterocycles. The number of aliphatic hydroxyl groups is 1. The highest BCUT2D eigenvalue weighted by Gasteiger charge is 2.28. The molecule has 2 atom stereocenters. The number of aliphatic carboxylic acids is 1. The smallest absolute Gasteiger partial charge is 0.334 e. The summed E-state index contributed by atoms with van der Waals surface area (Å²) in [5.74, 6) is -1.17. The van der Waals surface area contributed by atoms with Gasteiger partial charge >= 0.3 is 5.97 Å². The molecule has 0 unspecified atom stereocenters. The van der Waals surface area contributed by atoms with Gasteiger partial charge in [0.2, 0.25) is 0 Å². The van der Waals surface area contributed by atoms with Crippen LogP contribution in [0.15, 0.2) is 54.6 Å². The van der Waals surface area contributed by atoms with Crippen LogP contribution in [-0.2, 0) is 11.2 Å². The zero-order valence-electron chi connectivity index (χ0n) is 15.9. The number of carboxylic acid groups (broad SMARTS) is 1. The van der Waals surface area contributed by atoms with Crippen molar-refractivity contribution in [1.29, 1.82) is 0 Å². The Morgan fingerprint density at radius 1 is 0.964 bits per heavy atom. The van der Waals surface area contributed by atoms with E-state index in [-0.39, 0.29) is 12.3 Å². The Morgan fingerprint density at radius 3 is 2.21 bits per heavy atom. The molecule has 148 valence electrons. The maximum atomic E-state index is 12.6. The molecule has 1 saturated carbocycles. The minimum absolute atomic E-state index is 0.236. The van der Waals surface area contributed by atoms with Gasteiger partial charge in [-0.15, -0.1) is 0 Å². The summed E-state index contributed by atoms with van der Waals surface area (Å²) in [5.41, 5.74) is 2.57. The van der Waals surface area contributed by atoms with Crippen molar-refractivity contribution in [2.45, 2.75) is 56.6 Å². The highest BCUT2D eigenvalue weighted by Crippen LogP contribution is 2.32. The highest BCUT2D eigenvalue weighted by atomic mass is 16.4. The fraction of sp³-hybridized carbons (Fsp3) is 0.391. The lowest BCUT2D eigenvalue weighted by molar-refractivity contribution is -0.148. The molecule has 0 spiro atoms. The summed E-state index contributed by atoms with van der Waals surface area (Å²) in [5, 5.41) is 21.9. The standard InChI is InChI=1S/C23H27NO4/c25-21(23(27)28)20(15-16-7-3-1-4-8-16)24-22(26)19-13-11-18(12-14-19)17-9-5-2-6-10-17/h1,3-4,7-8,11-14,17,20-21,25H,2,5-6,9-10,15H2,(H,24,26)(H,27,28)/t20-,21-/m1/s1. The average Bonchev–Trinajstić information content (AvgIpc) is 2.74. The van der Waals surface area contributed by atoms with Crippen LogP contribution in [0.1, 0.15) is 59.5 Å². The van der Waals surface area contributed by atoms with Gasteiger partial charge < -0.3 is 15.5 Å². The van der Waals surface area contributed by atoms with Crippen LogP contribution in [-0.4, -0.2) is 34.2 Å². The first kappa shape index (κ1) is 20.1. The highest BCUT2D eigenvalue weighted by molar-refractivity contribution is 5.94. The second kappa shape index (κ2) is 9.51. The molecule has 0 heterocycles. The number of benzene rings is 2. The molecule has 0 aliphatic heterocycles. The third-order valence-corrected chi connectivity index (χ3v) is 5.50. The van der Waals surface area contributed by atoms with Crippen LogP contribution in [0.2, 0.25) is 0 Å². The molecule has 0 aromatic heterocycles. The number of rotatable bonds is 7. The fourth-order valence-corrected chi connectivity index (χ4v) is 3.88. The first-order valence-corrected chi connectivity index (χ1v) is 9.90. The first-order chi connectivity index (χ1) is 13.5. The van der Waals surface area contributed by atoms with E-state index in [1.54, 1.807) is 12.1 Å². The predicted molar refractivity (Wildman–Crippen MR) is 107 cm³/mol. The largest absolute Gasteiger partial charge is 0.479 e. The van der Waals surface area contributed by atoms with E-state index < -0.39 is 18.1 Å².